The Hall–Kier alpha value is -3.47. The quantitative estimate of drug-likeness (QED) is 0.371. The zero-order chi connectivity index (χ0) is 19.6. The first-order valence-electron chi connectivity index (χ1n) is 8.59. The van der Waals surface area contributed by atoms with E-state index in [1.165, 1.54) is 12.1 Å². The number of aryl methyl sites for hydroxylation is 3. The minimum atomic E-state index is -0.491. The Morgan fingerprint density at radius 1 is 0.852 bits per heavy atom. The zero-order valence-corrected chi connectivity index (χ0v) is 15.4. The molecule has 0 atom stereocenters. The Kier molecular flexibility index (Phi) is 5.03. The van der Waals surface area contributed by atoms with E-state index in [0.29, 0.717) is 11.3 Å². The molecule has 0 aromatic heterocycles. The molecule has 3 aromatic carbocycles. The maximum atomic E-state index is 13.2. The molecule has 0 saturated carbocycles. The van der Waals surface area contributed by atoms with E-state index in [4.69, 9.17) is 0 Å². The first-order valence-corrected chi connectivity index (χ1v) is 8.59. The average Bonchev–Trinajstić information content (AvgIpc) is 2.65. The number of carbonyl (C=O) groups excluding carboxylic acids is 1. The molecule has 0 fully saturated rings. The third-order valence-electron chi connectivity index (χ3n) is 4.43. The SMILES string of the molecule is Cc1ccc(Nc2ccc([N+](=O)[O-])cc2C(=O)c2cc(C)ccc2C)cc1. The second-order valence-corrected chi connectivity index (χ2v) is 6.63. The number of benzene rings is 3. The van der Waals surface area contributed by atoms with Crippen LogP contribution in [-0.2, 0) is 0 Å². The van der Waals surface area contributed by atoms with Gasteiger partial charge in [-0.15, -0.1) is 0 Å². The molecule has 0 saturated heterocycles. The molecule has 3 rings (SSSR count). The highest BCUT2D eigenvalue weighted by atomic mass is 16.6. The van der Waals surface area contributed by atoms with Gasteiger partial charge in [0.05, 0.1) is 16.2 Å². The van der Waals surface area contributed by atoms with Crippen molar-refractivity contribution in [2.75, 3.05) is 5.32 Å². The van der Waals surface area contributed by atoms with Gasteiger partial charge in [0.15, 0.2) is 5.78 Å². The van der Waals surface area contributed by atoms with Crippen LogP contribution in [0.1, 0.15) is 32.6 Å². The van der Waals surface area contributed by atoms with Crippen molar-refractivity contribution in [2.24, 2.45) is 0 Å². The molecule has 0 bridgehead atoms. The van der Waals surface area contributed by atoms with Gasteiger partial charge in [0.1, 0.15) is 0 Å². The van der Waals surface area contributed by atoms with Crippen molar-refractivity contribution in [3.05, 3.63) is 98.6 Å². The fraction of sp³-hybridized carbons (Fsp3) is 0.136. The Bertz CT molecular complexity index is 1020. The van der Waals surface area contributed by atoms with Crippen molar-refractivity contribution in [3.8, 4) is 0 Å². The highest BCUT2D eigenvalue weighted by Gasteiger charge is 2.20. The van der Waals surface area contributed by atoms with Crippen molar-refractivity contribution in [1.29, 1.82) is 0 Å². The highest BCUT2D eigenvalue weighted by Crippen LogP contribution is 2.28. The molecule has 0 unspecified atom stereocenters. The molecule has 0 aliphatic rings. The number of rotatable bonds is 5. The number of non-ortho nitro benzene ring substituents is 1. The molecule has 0 aliphatic heterocycles. The maximum Gasteiger partial charge on any atom is 0.270 e. The Morgan fingerprint density at radius 2 is 1.52 bits per heavy atom. The summed E-state index contributed by atoms with van der Waals surface area (Å²) in [6, 6.07) is 17.7. The summed E-state index contributed by atoms with van der Waals surface area (Å²) in [6.45, 7) is 5.76. The van der Waals surface area contributed by atoms with Crippen molar-refractivity contribution >= 4 is 22.8 Å². The van der Waals surface area contributed by atoms with Gasteiger partial charge in [0, 0.05) is 23.4 Å². The van der Waals surface area contributed by atoms with Crippen LogP contribution in [0.25, 0.3) is 0 Å². The second-order valence-electron chi connectivity index (χ2n) is 6.63. The summed E-state index contributed by atoms with van der Waals surface area (Å²) in [7, 11) is 0. The topological polar surface area (TPSA) is 72.2 Å². The molecular weight excluding hydrogens is 340 g/mol. The van der Waals surface area contributed by atoms with Gasteiger partial charge in [-0.1, -0.05) is 35.4 Å². The molecule has 1 N–H and O–H groups in total. The Morgan fingerprint density at radius 3 is 2.19 bits per heavy atom. The minimum Gasteiger partial charge on any atom is -0.355 e. The molecule has 0 aliphatic carbocycles. The average molecular weight is 360 g/mol. The summed E-state index contributed by atoms with van der Waals surface area (Å²) in [5, 5.41) is 14.4. The number of nitrogens with zero attached hydrogens (tertiary/aromatic N) is 1. The van der Waals surface area contributed by atoms with Crippen LogP contribution in [0.2, 0.25) is 0 Å². The number of carbonyl (C=O) groups is 1. The van der Waals surface area contributed by atoms with Crippen molar-refractivity contribution in [3.63, 3.8) is 0 Å². The van der Waals surface area contributed by atoms with Crippen LogP contribution < -0.4 is 5.32 Å². The highest BCUT2D eigenvalue weighted by molar-refractivity contribution is 6.13. The largest absolute Gasteiger partial charge is 0.355 e. The van der Waals surface area contributed by atoms with E-state index in [-0.39, 0.29) is 17.0 Å². The van der Waals surface area contributed by atoms with Crippen LogP contribution in [0, 0.1) is 30.9 Å². The molecule has 0 heterocycles. The third kappa shape index (κ3) is 4.03. The number of anilines is 2. The third-order valence-corrected chi connectivity index (χ3v) is 4.43. The standard InChI is InChI=1S/C22H20N2O3/c1-14-5-8-17(9-6-14)23-21-11-10-18(24(26)27)13-20(21)22(25)19-12-15(2)4-7-16(19)3/h4-13,23H,1-3H3. The Labute approximate surface area is 157 Å². The van der Waals surface area contributed by atoms with Crippen molar-refractivity contribution in [1.82, 2.24) is 0 Å². The van der Waals surface area contributed by atoms with Crippen LogP contribution in [-0.4, -0.2) is 10.7 Å². The van der Waals surface area contributed by atoms with E-state index in [1.54, 1.807) is 6.07 Å². The summed E-state index contributed by atoms with van der Waals surface area (Å²) >= 11 is 0. The van der Waals surface area contributed by atoms with E-state index >= 15 is 0 Å². The lowest BCUT2D eigenvalue weighted by Crippen LogP contribution is -2.08. The van der Waals surface area contributed by atoms with Gasteiger partial charge in [0.25, 0.3) is 5.69 Å². The van der Waals surface area contributed by atoms with Gasteiger partial charge >= 0.3 is 0 Å². The van der Waals surface area contributed by atoms with Crippen LogP contribution in [0.3, 0.4) is 0 Å². The molecule has 5 heteroatoms. The summed E-state index contributed by atoms with van der Waals surface area (Å²) < 4.78 is 0. The molecule has 136 valence electrons. The van der Waals surface area contributed by atoms with Gasteiger partial charge in [-0.2, -0.15) is 0 Å². The summed E-state index contributed by atoms with van der Waals surface area (Å²) in [6.07, 6.45) is 0. The summed E-state index contributed by atoms with van der Waals surface area (Å²) in [5.41, 5.74) is 4.97. The smallest absolute Gasteiger partial charge is 0.270 e. The van der Waals surface area contributed by atoms with E-state index in [0.717, 1.165) is 22.4 Å². The lowest BCUT2D eigenvalue weighted by molar-refractivity contribution is -0.384. The molecule has 0 radical (unpaired) electrons. The predicted octanol–water partition coefficient (Wildman–Crippen LogP) is 5.49. The number of hydrogen-bond acceptors (Lipinski definition) is 4. The molecule has 0 amide bonds. The van der Waals surface area contributed by atoms with Crippen LogP contribution in [0.4, 0.5) is 17.1 Å². The van der Waals surface area contributed by atoms with Gasteiger partial charge < -0.3 is 5.32 Å². The Balaban J connectivity index is 2.09. The number of ketones is 1. The molecule has 3 aromatic rings. The molecule has 27 heavy (non-hydrogen) atoms. The number of nitro groups is 1. The minimum absolute atomic E-state index is 0.113. The monoisotopic (exact) mass is 360 g/mol. The second kappa shape index (κ2) is 7.41. The fourth-order valence-electron chi connectivity index (χ4n) is 2.86. The molecular formula is C22H20N2O3. The van der Waals surface area contributed by atoms with Crippen molar-refractivity contribution < 1.29 is 9.72 Å². The lowest BCUT2D eigenvalue weighted by Gasteiger charge is -2.13. The maximum absolute atomic E-state index is 13.2. The predicted molar refractivity (Wildman–Crippen MR) is 107 cm³/mol. The lowest BCUT2D eigenvalue weighted by atomic mass is 9.96. The van der Waals surface area contributed by atoms with E-state index in [1.807, 2.05) is 63.2 Å². The van der Waals surface area contributed by atoms with Gasteiger partial charge in [0.2, 0.25) is 0 Å². The number of hydrogen-bond donors (Lipinski definition) is 1. The first-order chi connectivity index (χ1) is 12.8. The van der Waals surface area contributed by atoms with Crippen LogP contribution >= 0.6 is 0 Å². The summed E-state index contributed by atoms with van der Waals surface area (Å²) in [5.74, 6) is -0.241. The van der Waals surface area contributed by atoms with E-state index < -0.39 is 4.92 Å². The van der Waals surface area contributed by atoms with E-state index in [2.05, 4.69) is 5.32 Å². The van der Waals surface area contributed by atoms with Crippen LogP contribution in [0.15, 0.2) is 60.7 Å². The van der Waals surface area contributed by atoms with Crippen molar-refractivity contribution in [2.45, 2.75) is 20.8 Å². The normalized spacial score (nSPS) is 10.5. The van der Waals surface area contributed by atoms with Gasteiger partial charge in [-0.25, -0.2) is 0 Å². The van der Waals surface area contributed by atoms with E-state index in [9.17, 15) is 14.9 Å². The van der Waals surface area contributed by atoms with Gasteiger partial charge in [-0.3, -0.25) is 14.9 Å². The number of nitrogens with one attached hydrogen (secondary N) is 1. The first kappa shape index (κ1) is 18.3. The van der Waals surface area contributed by atoms with Gasteiger partial charge in [-0.05, 0) is 50.6 Å². The summed E-state index contributed by atoms with van der Waals surface area (Å²) in [4.78, 5) is 23.9. The molecule has 0 spiro atoms. The number of nitro benzene ring substituents is 1. The fourth-order valence-corrected chi connectivity index (χ4v) is 2.86. The zero-order valence-electron chi connectivity index (χ0n) is 15.4. The molecule has 5 nitrogen and oxygen atoms in total. The van der Waals surface area contributed by atoms with Crippen LogP contribution in [0.5, 0.6) is 0 Å².